The number of hydrogen-bond donors (Lipinski definition) is 0. The highest BCUT2D eigenvalue weighted by Crippen LogP contribution is 2.35. The summed E-state index contributed by atoms with van der Waals surface area (Å²) in [6, 6.07) is 3.77. The highest BCUT2D eigenvalue weighted by molar-refractivity contribution is 9.08. The molecule has 1 aliphatic heterocycles. The minimum atomic E-state index is -4.06. The van der Waals surface area contributed by atoms with Gasteiger partial charge in [0.2, 0.25) is 0 Å². The molecule has 0 aliphatic carbocycles. The normalized spacial score (nSPS) is 18.1. The Morgan fingerprint density at radius 2 is 2.00 bits per heavy atom. The molecule has 0 saturated carbocycles. The first-order valence-corrected chi connectivity index (χ1v) is 6.96. The summed E-state index contributed by atoms with van der Waals surface area (Å²) >= 11 is 3.37. The summed E-state index contributed by atoms with van der Waals surface area (Å²) in [5.74, 6) is -0.361. The third-order valence-electron chi connectivity index (χ3n) is 3.27. The molecule has 1 fully saturated rings. The van der Waals surface area contributed by atoms with Crippen molar-refractivity contribution < 1.29 is 13.2 Å². The Kier molecular flexibility index (Phi) is 4.14. The van der Waals surface area contributed by atoms with Gasteiger partial charge in [-0.15, -0.1) is 0 Å². The molecule has 1 aromatic heterocycles. The number of halogens is 4. The molecule has 2 rings (SSSR count). The van der Waals surface area contributed by atoms with Crippen LogP contribution in [0.25, 0.3) is 0 Å². The van der Waals surface area contributed by atoms with Gasteiger partial charge in [-0.05, 0) is 18.9 Å². The van der Waals surface area contributed by atoms with Crippen LogP contribution in [0.4, 0.5) is 19.0 Å². The van der Waals surface area contributed by atoms with E-state index < -0.39 is 12.1 Å². The van der Waals surface area contributed by atoms with E-state index in [4.69, 9.17) is 0 Å². The molecule has 0 aromatic carbocycles. The first-order valence-electron chi connectivity index (χ1n) is 5.84. The third-order valence-corrected chi connectivity index (χ3v) is 3.87. The summed E-state index contributed by atoms with van der Waals surface area (Å²) in [5.41, 5.74) is 1.02. The second-order valence-corrected chi connectivity index (χ2v) is 4.98. The molecule has 1 aliphatic rings. The average Bonchev–Trinajstić information content (AvgIpc) is 2.38. The van der Waals surface area contributed by atoms with Crippen molar-refractivity contribution in [1.29, 1.82) is 0 Å². The highest BCUT2D eigenvalue weighted by atomic mass is 79.9. The van der Waals surface area contributed by atoms with Crippen LogP contribution in [0.3, 0.4) is 0 Å². The molecule has 0 bridgehead atoms. The number of piperidine rings is 1. The monoisotopic (exact) mass is 322 g/mol. The minimum Gasteiger partial charge on any atom is -0.356 e. The first-order chi connectivity index (χ1) is 8.52. The van der Waals surface area contributed by atoms with Crippen LogP contribution in [0.1, 0.15) is 18.4 Å². The van der Waals surface area contributed by atoms with Crippen LogP contribution < -0.4 is 4.90 Å². The second kappa shape index (κ2) is 5.47. The molecular weight excluding hydrogens is 309 g/mol. The topological polar surface area (TPSA) is 16.1 Å². The predicted octanol–water partition coefficient (Wildman–Crippen LogP) is 3.76. The Morgan fingerprint density at radius 3 is 2.56 bits per heavy atom. The molecule has 6 heteroatoms. The predicted molar refractivity (Wildman–Crippen MR) is 67.9 cm³/mol. The van der Waals surface area contributed by atoms with E-state index in [1.165, 1.54) is 0 Å². The maximum atomic E-state index is 12.6. The van der Waals surface area contributed by atoms with Crippen LogP contribution in [0, 0.1) is 5.92 Å². The van der Waals surface area contributed by atoms with Crippen molar-refractivity contribution in [3.8, 4) is 0 Å². The molecule has 0 atom stereocenters. The summed E-state index contributed by atoms with van der Waals surface area (Å²) in [6.45, 7) is 0.836. The fourth-order valence-electron chi connectivity index (χ4n) is 2.24. The fraction of sp³-hybridized carbons (Fsp3) is 0.583. The molecule has 0 spiro atoms. The van der Waals surface area contributed by atoms with Gasteiger partial charge in [-0.2, -0.15) is 13.2 Å². The van der Waals surface area contributed by atoms with E-state index in [1.54, 1.807) is 6.20 Å². The zero-order valence-electron chi connectivity index (χ0n) is 9.75. The molecule has 0 unspecified atom stereocenters. The van der Waals surface area contributed by atoms with Gasteiger partial charge in [0.25, 0.3) is 0 Å². The van der Waals surface area contributed by atoms with E-state index in [0.29, 0.717) is 18.4 Å². The van der Waals surface area contributed by atoms with Gasteiger partial charge in [0.15, 0.2) is 0 Å². The molecule has 1 saturated heterocycles. The summed E-state index contributed by atoms with van der Waals surface area (Å²) in [6.07, 6.45) is -2.07. The summed E-state index contributed by atoms with van der Waals surface area (Å²) in [4.78, 5) is 6.22. The van der Waals surface area contributed by atoms with Gasteiger partial charge in [0, 0.05) is 30.2 Å². The van der Waals surface area contributed by atoms with Gasteiger partial charge in [0.1, 0.15) is 5.82 Å². The summed E-state index contributed by atoms with van der Waals surface area (Å²) in [7, 11) is 0. The maximum absolute atomic E-state index is 12.6. The van der Waals surface area contributed by atoms with Gasteiger partial charge < -0.3 is 4.90 Å². The smallest absolute Gasteiger partial charge is 0.356 e. The van der Waals surface area contributed by atoms with Crippen molar-refractivity contribution in [3.05, 3.63) is 23.9 Å². The van der Waals surface area contributed by atoms with Crippen molar-refractivity contribution in [2.45, 2.75) is 24.3 Å². The first kappa shape index (κ1) is 13.6. The van der Waals surface area contributed by atoms with Gasteiger partial charge in [-0.25, -0.2) is 4.98 Å². The van der Waals surface area contributed by atoms with Crippen molar-refractivity contribution >= 4 is 21.7 Å². The number of pyridine rings is 1. The quantitative estimate of drug-likeness (QED) is 0.771. The minimum absolute atomic E-state index is 0.155. The van der Waals surface area contributed by atoms with Crippen molar-refractivity contribution in [3.63, 3.8) is 0 Å². The summed E-state index contributed by atoms with van der Waals surface area (Å²) < 4.78 is 37.7. The lowest BCUT2D eigenvalue weighted by Crippen LogP contribution is -2.39. The number of hydrogen-bond acceptors (Lipinski definition) is 2. The van der Waals surface area contributed by atoms with Crippen molar-refractivity contribution in [2.75, 3.05) is 18.0 Å². The van der Waals surface area contributed by atoms with Crippen LogP contribution in [0.2, 0.25) is 0 Å². The Balaban J connectivity index is 2.06. The largest absolute Gasteiger partial charge is 0.391 e. The van der Waals surface area contributed by atoms with E-state index in [1.807, 2.05) is 17.0 Å². The van der Waals surface area contributed by atoms with Crippen LogP contribution >= 0.6 is 15.9 Å². The van der Waals surface area contributed by atoms with E-state index in [9.17, 15) is 13.2 Å². The lowest BCUT2D eigenvalue weighted by Gasteiger charge is -2.34. The molecule has 0 radical (unpaired) electrons. The Morgan fingerprint density at radius 1 is 1.33 bits per heavy atom. The number of aromatic nitrogens is 1. The molecule has 100 valence electrons. The van der Waals surface area contributed by atoms with Gasteiger partial charge >= 0.3 is 6.18 Å². The highest BCUT2D eigenvalue weighted by Gasteiger charge is 2.41. The second-order valence-electron chi connectivity index (χ2n) is 4.42. The number of nitrogens with zero attached hydrogens (tertiary/aromatic N) is 2. The van der Waals surface area contributed by atoms with Crippen LogP contribution in [0.15, 0.2) is 18.3 Å². The van der Waals surface area contributed by atoms with Gasteiger partial charge in [-0.3, -0.25) is 0 Å². The molecule has 0 N–H and O–H groups in total. The molecule has 0 amide bonds. The van der Waals surface area contributed by atoms with Crippen molar-refractivity contribution in [2.24, 2.45) is 5.92 Å². The molecule has 1 aromatic rings. The van der Waals surface area contributed by atoms with Crippen LogP contribution in [-0.2, 0) is 5.33 Å². The Hall–Kier alpha value is -0.780. The lowest BCUT2D eigenvalue weighted by atomic mass is 9.96. The van der Waals surface area contributed by atoms with Gasteiger partial charge in [-0.1, -0.05) is 22.0 Å². The molecule has 2 nitrogen and oxygen atoms in total. The number of rotatable bonds is 2. The molecular formula is C12H14BrF3N2. The van der Waals surface area contributed by atoms with E-state index in [0.717, 1.165) is 11.4 Å². The van der Waals surface area contributed by atoms with Crippen LogP contribution in [-0.4, -0.2) is 24.2 Å². The van der Waals surface area contributed by atoms with E-state index >= 15 is 0 Å². The van der Waals surface area contributed by atoms with Crippen LogP contribution in [0.5, 0.6) is 0 Å². The molecule has 18 heavy (non-hydrogen) atoms. The zero-order chi connectivity index (χ0) is 13.2. The average molecular weight is 323 g/mol. The maximum Gasteiger partial charge on any atom is 0.391 e. The molecule has 2 heterocycles. The van der Waals surface area contributed by atoms with E-state index in [-0.39, 0.29) is 12.8 Å². The third kappa shape index (κ3) is 2.96. The Bertz CT molecular complexity index is 401. The SMILES string of the molecule is FC(F)(F)C1CCN(c2ncccc2CBr)CC1. The summed E-state index contributed by atoms with van der Waals surface area (Å²) in [5, 5.41) is 0.662. The Labute approximate surface area is 112 Å². The lowest BCUT2D eigenvalue weighted by molar-refractivity contribution is -0.179. The number of anilines is 1. The number of alkyl halides is 4. The standard InChI is InChI=1S/C12H14BrF3N2/c13-8-9-2-1-5-17-11(9)18-6-3-10(4-7-18)12(14,15)16/h1-2,5,10H,3-4,6-8H2. The van der Waals surface area contributed by atoms with E-state index in [2.05, 4.69) is 20.9 Å². The van der Waals surface area contributed by atoms with Gasteiger partial charge in [0.05, 0.1) is 5.92 Å². The van der Waals surface area contributed by atoms with Crippen molar-refractivity contribution in [1.82, 2.24) is 4.98 Å². The zero-order valence-corrected chi connectivity index (χ0v) is 11.3. The fourth-order valence-corrected chi connectivity index (χ4v) is 2.68.